The van der Waals surface area contributed by atoms with Gasteiger partial charge in [-0.1, -0.05) is 35.9 Å². The Balaban J connectivity index is 2.15. The van der Waals surface area contributed by atoms with Crippen LogP contribution in [0.3, 0.4) is 0 Å². The summed E-state index contributed by atoms with van der Waals surface area (Å²) in [5.74, 6) is -0.156. The molecule has 28 heavy (non-hydrogen) atoms. The Morgan fingerprint density at radius 1 is 1.07 bits per heavy atom. The van der Waals surface area contributed by atoms with E-state index in [-0.39, 0.29) is 18.1 Å². The Morgan fingerprint density at radius 2 is 1.75 bits per heavy atom. The third kappa shape index (κ3) is 3.56. The number of anilines is 1. The number of aryl methyl sites for hydroxylation is 1. The first-order chi connectivity index (χ1) is 13.5. The predicted octanol–water partition coefficient (Wildman–Crippen LogP) is 4.27. The third-order valence-electron chi connectivity index (χ3n) is 4.61. The summed E-state index contributed by atoms with van der Waals surface area (Å²) < 4.78 is 10.6. The second kappa shape index (κ2) is 8.13. The molecule has 5 nitrogen and oxygen atoms in total. The molecule has 2 aromatic carbocycles. The normalized spacial score (nSPS) is 15.4. The molecule has 0 saturated carbocycles. The summed E-state index contributed by atoms with van der Waals surface area (Å²) >= 11 is 0. The van der Waals surface area contributed by atoms with Crippen molar-refractivity contribution in [3.05, 3.63) is 76.5 Å². The molecule has 144 valence electrons. The van der Waals surface area contributed by atoms with E-state index in [2.05, 4.69) is 0 Å². The highest BCUT2D eigenvalue weighted by Gasteiger charge is 2.38. The standard InChI is InChI=1S/C23H23NO4/c1-5-28-23(26)21-16(3)24(18-12-10-15(2)11-13-18)22(25)19(21)14-17-8-6-7-9-20(17)27-4/h6-14H,5H2,1-4H3/b19-14+. The molecule has 0 atom stereocenters. The number of para-hydroxylation sites is 1. The van der Waals surface area contributed by atoms with Gasteiger partial charge in [0.05, 0.1) is 24.9 Å². The van der Waals surface area contributed by atoms with Crippen molar-refractivity contribution in [3.8, 4) is 5.75 Å². The Morgan fingerprint density at radius 3 is 2.39 bits per heavy atom. The highest BCUT2D eigenvalue weighted by Crippen LogP contribution is 2.36. The number of benzene rings is 2. The van der Waals surface area contributed by atoms with E-state index in [0.717, 1.165) is 5.56 Å². The Hall–Kier alpha value is -3.34. The maximum atomic E-state index is 13.3. The van der Waals surface area contributed by atoms with Crippen LogP contribution >= 0.6 is 0 Å². The van der Waals surface area contributed by atoms with Crippen LogP contribution in [-0.2, 0) is 14.3 Å². The summed E-state index contributed by atoms with van der Waals surface area (Å²) in [6, 6.07) is 15.0. The number of carbonyl (C=O) groups is 2. The van der Waals surface area contributed by atoms with Gasteiger partial charge in [0.25, 0.3) is 5.91 Å². The first-order valence-corrected chi connectivity index (χ1v) is 9.12. The predicted molar refractivity (Wildman–Crippen MR) is 109 cm³/mol. The van der Waals surface area contributed by atoms with Crippen molar-refractivity contribution in [2.75, 3.05) is 18.6 Å². The molecule has 5 heteroatoms. The molecule has 1 aliphatic heterocycles. The van der Waals surface area contributed by atoms with Crippen LogP contribution in [0.1, 0.15) is 25.0 Å². The van der Waals surface area contributed by atoms with E-state index < -0.39 is 5.97 Å². The fourth-order valence-corrected chi connectivity index (χ4v) is 3.23. The van der Waals surface area contributed by atoms with E-state index in [1.165, 1.54) is 0 Å². The van der Waals surface area contributed by atoms with Crippen LogP contribution in [0.4, 0.5) is 5.69 Å². The van der Waals surface area contributed by atoms with Crippen LogP contribution in [0.15, 0.2) is 65.4 Å². The van der Waals surface area contributed by atoms with E-state index in [1.807, 2.05) is 55.5 Å². The van der Waals surface area contributed by atoms with Crippen molar-refractivity contribution in [1.29, 1.82) is 0 Å². The summed E-state index contributed by atoms with van der Waals surface area (Å²) in [4.78, 5) is 27.5. The molecule has 0 bridgehead atoms. The Bertz CT molecular complexity index is 970. The number of hydrogen-bond donors (Lipinski definition) is 0. The van der Waals surface area contributed by atoms with Gasteiger partial charge in [0.2, 0.25) is 0 Å². The maximum Gasteiger partial charge on any atom is 0.340 e. The first-order valence-electron chi connectivity index (χ1n) is 9.12. The van der Waals surface area contributed by atoms with Gasteiger partial charge in [0.15, 0.2) is 0 Å². The molecule has 0 radical (unpaired) electrons. The van der Waals surface area contributed by atoms with Gasteiger partial charge in [0, 0.05) is 16.9 Å². The highest BCUT2D eigenvalue weighted by molar-refractivity contribution is 6.23. The van der Waals surface area contributed by atoms with Gasteiger partial charge < -0.3 is 9.47 Å². The molecule has 2 aromatic rings. The van der Waals surface area contributed by atoms with Crippen LogP contribution in [0.2, 0.25) is 0 Å². The van der Waals surface area contributed by atoms with Gasteiger partial charge >= 0.3 is 5.97 Å². The first kappa shape index (κ1) is 19.4. The molecule has 1 aliphatic rings. The van der Waals surface area contributed by atoms with E-state index >= 15 is 0 Å². The van der Waals surface area contributed by atoms with Crippen molar-refractivity contribution < 1.29 is 19.1 Å². The Kier molecular flexibility index (Phi) is 5.64. The van der Waals surface area contributed by atoms with Crippen LogP contribution in [-0.4, -0.2) is 25.6 Å². The van der Waals surface area contributed by atoms with Gasteiger partial charge in [-0.2, -0.15) is 0 Å². The number of rotatable bonds is 5. The lowest BCUT2D eigenvalue weighted by Gasteiger charge is -2.18. The van der Waals surface area contributed by atoms with Gasteiger partial charge in [-0.05, 0) is 45.0 Å². The maximum absolute atomic E-state index is 13.3. The van der Waals surface area contributed by atoms with Crippen LogP contribution < -0.4 is 9.64 Å². The molecule has 3 rings (SSSR count). The lowest BCUT2D eigenvalue weighted by atomic mass is 10.0. The highest BCUT2D eigenvalue weighted by atomic mass is 16.5. The summed E-state index contributed by atoms with van der Waals surface area (Å²) in [5.41, 5.74) is 3.63. The zero-order valence-corrected chi connectivity index (χ0v) is 16.5. The number of amides is 1. The quantitative estimate of drug-likeness (QED) is 0.577. The van der Waals surface area contributed by atoms with E-state index in [4.69, 9.17) is 9.47 Å². The Labute approximate surface area is 164 Å². The summed E-state index contributed by atoms with van der Waals surface area (Å²) in [7, 11) is 1.57. The molecule has 0 fully saturated rings. The molecule has 0 aromatic heterocycles. The molecular formula is C23H23NO4. The minimum absolute atomic E-state index is 0.232. The summed E-state index contributed by atoms with van der Waals surface area (Å²) in [6.45, 7) is 5.71. The SMILES string of the molecule is CCOC(=O)C1=C(C)N(c2ccc(C)cc2)C(=O)/C1=C/c1ccccc1OC. The molecule has 0 N–H and O–H groups in total. The molecule has 0 unspecified atom stereocenters. The second-order valence-corrected chi connectivity index (χ2v) is 6.46. The van der Waals surface area contributed by atoms with Gasteiger partial charge in [-0.3, -0.25) is 9.69 Å². The van der Waals surface area contributed by atoms with Gasteiger partial charge in [-0.15, -0.1) is 0 Å². The number of nitrogens with zero attached hydrogens (tertiary/aromatic N) is 1. The zero-order valence-electron chi connectivity index (χ0n) is 16.5. The molecule has 0 saturated heterocycles. The largest absolute Gasteiger partial charge is 0.496 e. The van der Waals surface area contributed by atoms with Crippen LogP contribution in [0.5, 0.6) is 5.75 Å². The van der Waals surface area contributed by atoms with Crippen molar-refractivity contribution >= 4 is 23.6 Å². The monoisotopic (exact) mass is 377 g/mol. The smallest absolute Gasteiger partial charge is 0.340 e. The average molecular weight is 377 g/mol. The number of esters is 1. The topological polar surface area (TPSA) is 55.8 Å². The van der Waals surface area contributed by atoms with Crippen molar-refractivity contribution in [2.45, 2.75) is 20.8 Å². The van der Waals surface area contributed by atoms with Crippen molar-refractivity contribution in [3.63, 3.8) is 0 Å². The van der Waals surface area contributed by atoms with E-state index in [1.54, 1.807) is 31.9 Å². The van der Waals surface area contributed by atoms with Crippen molar-refractivity contribution in [1.82, 2.24) is 0 Å². The molecular weight excluding hydrogens is 354 g/mol. The number of carbonyl (C=O) groups excluding carboxylic acids is 2. The molecule has 1 amide bonds. The summed E-state index contributed by atoms with van der Waals surface area (Å²) in [5, 5.41) is 0. The molecule has 1 heterocycles. The molecule has 0 aliphatic carbocycles. The lowest BCUT2D eigenvalue weighted by molar-refractivity contribution is -0.138. The average Bonchev–Trinajstić information content (AvgIpc) is 2.93. The van der Waals surface area contributed by atoms with Crippen LogP contribution in [0, 0.1) is 6.92 Å². The second-order valence-electron chi connectivity index (χ2n) is 6.46. The number of ether oxygens (including phenoxy) is 2. The van der Waals surface area contributed by atoms with Crippen molar-refractivity contribution in [2.24, 2.45) is 0 Å². The number of methoxy groups -OCH3 is 1. The zero-order chi connectivity index (χ0) is 20.3. The van der Waals surface area contributed by atoms with E-state index in [0.29, 0.717) is 28.3 Å². The lowest BCUT2D eigenvalue weighted by Crippen LogP contribution is -2.24. The van der Waals surface area contributed by atoms with E-state index in [9.17, 15) is 9.59 Å². The fraction of sp³-hybridized carbons (Fsp3) is 0.217. The van der Waals surface area contributed by atoms with Gasteiger partial charge in [-0.25, -0.2) is 4.79 Å². The third-order valence-corrected chi connectivity index (χ3v) is 4.61. The minimum atomic E-state index is -0.510. The minimum Gasteiger partial charge on any atom is -0.496 e. The fourth-order valence-electron chi connectivity index (χ4n) is 3.23. The van der Waals surface area contributed by atoms with Crippen LogP contribution in [0.25, 0.3) is 6.08 Å². The number of allylic oxidation sites excluding steroid dienone is 1. The van der Waals surface area contributed by atoms with Gasteiger partial charge in [0.1, 0.15) is 5.75 Å². The number of hydrogen-bond acceptors (Lipinski definition) is 4. The molecule has 0 spiro atoms. The summed E-state index contributed by atoms with van der Waals surface area (Å²) in [6.07, 6.45) is 1.69.